The highest BCUT2D eigenvalue weighted by molar-refractivity contribution is 9.10. The molecule has 0 aromatic heterocycles. The maximum Gasteiger partial charge on any atom is 0.257 e. The summed E-state index contributed by atoms with van der Waals surface area (Å²) < 4.78 is 1.65. The summed E-state index contributed by atoms with van der Waals surface area (Å²) in [7, 11) is 0. The molecule has 0 spiro atoms. The van der Waals surface area contributed by atoms with E-state index in [4.69, 9.17) is 11.6 Å². The van der Waals surface area contributed by atoms with E-state index in [1.807, 2.05) is 25.1 Å². The van der Waals surface area contributed by atoms with E-state index in [2.05, 4.69) is 37.2 Å². The molecule has 0 unspecified atom stereocenters. The highest BCUT2D eigenvalue weighted by Gasteiger charge is 2.12. The molecule has 19 heavy (non-hydrogen) atoms. The molecule has 0 saturated carbocycles. The molecule has 1 amide bonds. The van der Waals surface area contributed by atoms with E-state index < -0.39 is 0 Å². The number of aryl methyl sites for hydroxylation is 1. The predicted octanol–water partition coefficient (Wildman–Crippen LogP) is 5.43. The average Bonchev–Trinajstić information content (AvgIpc) is 2.37. The molecule has 5 heteroatoms. The zero-order chi connectivity index (χ0) is 14.0. The van der Waals surface area contributed by atoms with Crippen molar-refractivity contribution in [2.75, 3.05) is 5.32 Å². The molecule has 1 N–H and O–H groups in total. The lowest BCUT2D eigenvalue weighted by atomic mass is 10.2. The Hall–Kier alpha value is -0.840. The van der Waals surface area contributed by atoms with Crippen LogP contribution in [0.25, 0.3) is 0 Å². The maximum absolute atomic E-state index is 12.2. The van der Waals surface area contributed by atoms with Crippen molar-refractivity contribution in [3.8, 4) is 0 Å². The second-order valence-electron chi connectivity index (χ2n) is 4.02. The first kappa shape index (κ1) is 14.6. The van der Waals surface area contributed by atoms with Gasteiger partial charge >= 0.3 is 0 Å². The number of hydrogen-bond donors (Lipinski definition) is 1. The van der Waals surface area contributed by atoms with Gasteiger partial charge in [0.1, 0.15) is 0 Å². The second-order valence-corrected chi connectivity index (χ2v) is 6.11. The molecular formula is C14H10Br2ClNO. The number of benzene rings is 2. The van der Waals surface area contributed by atoms with Gasteiger partial charge in [0.25, 0.3) is 5.91 Å². The molecule has 98 valence electrons. The van der Waals surface area contributed by atoms with E-state index in [9.17, 15) is 4.79 Å². The summed E-state index contributed by atoms with van der Waals surface area (Å²) in [6.45, 7) is 1.99. The van der Waals surface area contributed by atoms with Gasteiger partial charge in [-0.1, -0.05) is 39.7 Å². The minimum absolute atomic E-state index is 0.234. The maximum atomic E-state index is 12.2. The summed E-state index contributed by atoms with van der Waals surface area (Å²) in [5.41, 5.74) is 2.27. The molecule has 0 aliphatic carbocycles. The zero-order valence-electron chi connectivity index (χ0n) is 10.0. The van der Waals surface area contributed by atoms with Gasteiger partial charge in [0, 0.05) is 14.6 Å². The van der Waals surface area contributed by atoms with Crippen LogP contribution in [0, 0.1) is 6.92 Å². The zero-order valence-corrected chi connectivity index (χ0v) is 13.9. The number of rotatable bonds is 2. The van der Waals surface area contributed by atoms with Crippen LogP contribution in [-0.4, -0.2) is 5.91 Å². The lowest BCUT2D eigenvalue weighted by Gasteiger charge is -2.09. The van der Waals surface area contributed by atoms with E-state index in [1.165, 1.54) is 0 Å². The molecular weight excluding hydrogens is 393 g/mol. The van der Waals surface area contributed by atoms with E-state index in [-0.39, 0.29) is 5.91 Å². The van der Waals surface area contributed by atoms with E-state index in [0.717, 1.165) is 15.7 Å². The molecule has 0 saturated heterocycles. The molecule has 0 bridgehead atoms. The van der Waals surface area contributed by atoms with Crippen LogP contribution in [0.5, 0.6) is 0 Å². The van der Waals surface area contributed by atoms with Crippen molar-refractivity contribution in [2.24, 2.45) is 0 Å². The monoisotopic (exact) mass is 401 g/mol. The van der Waals surface area contributed by atoms with Crippen molar-refractivity contribution >= 4 is 55.1 Å². The minimum atomic E-state index is -0.234. The van der Waals surface area contributed by atoms with Crippen molar-refractivity contribution in [1.29, 1.82) is 0 Å². The first-order chi connectivity index (χ1) is 8.99. The van der Waals surface area contributed by atoms with Crippen LogP contribution in [-0.2, 0) is 0 Å². The van der Waals surface area contributed by atoms with E-state index >= 15 is 0 Å². The number of carbonyl (C=O) groups excluding carboxylic acids is 1. The smallest absolute Gasteiger partial charge is 0.257 e. The summed E-state index contributed by atoms with van der Waals surface area (Å²) in [6.07, 6.45) is 0. The van der Waals surface area contributed by atoms with Crippen LogP contribution in [0.3, 0.4) is 0 Å². The Morgan fingerprint density at radius 3 is 2.58 bits per heavy atom. The van der Waals surface area contributed by atoms with Crippen molar-refractivity contribution in [1.82, 2.24) is 0 Å². The molecule has 0 aliphatic rings. The number of hydrogen-bond acceptors (Lipinski definition) is 1. The van der Waals surface area contributed by atoms with Gasteiger partial charge in [-0.3, -0.25) is 4.79 Å². The van der Waals surface area contributed by atoms with Gasteiger partial charge in [-0.15, -0.1) is 0 Å². The average molecular weight is 404 g/mol. The van der Waals surface area contributed by atoms with Crippen molar-refractivity contribution < 1.29 is 4.79 Å². The summed E-state index contributed by atoms with van der Waals surface area (Å²) >= 11 is 12.8. The number of amides is 1. The quantitative estimate of drug-likeness (QED) is 0.712. The van der Waals surface area contributed by atoms with Crippen molar-refractivity contribution in [3.05, 3.63) is 61.5 Å². The Morgan fingerprint density at radius 2 is 1.89 bits per heavy atom. The number of anilines is 1. The Kier molecular flexibility index (Phi) is 4.66. The number of carbonyl (C=O) groups is 1. The lowest BCUT2D eigenvalue weighted by molar-refractivity contribution is 0.102. The summed E-state index contributed by atoms with van der Waals surface area (Å²) in [5, 5.41) is 3.23. The highest BCUT2D eigenvalue weighted by Crippen LogP contribution is 2.27. The third kappa shape index (κ3) is 3.38. The first-order valence-corrected chi connectivity index (χ1v) is 7.47. The Balaban J connectivity index is 2.26. The molecule has 2 nitrogen and oxygen atoms in total. The van der Waals surface area contributed by atoms with Gasteiger partial charge in [0.15, 0.2) is 0 Å². The molecule has 2 aromatic carbocycles. The number of nitrogens with one attached hydrogen (secondary N) is 1. The van der Waals surface area contributed by atoms with Crippen LogP contribution in [0.4, 0.5) is 5.69 Å². The fourth-order valence-corrected chi connectivity index (χ4v) is 2.51. The minimum Gasteiger partial charge on any atom is -0.322 e. The Morgan fingerprint density at radius 1 is 1.16 bits per heavy atom. The third-order valence-corrected chi connectivity index (χ3v) is 4.78. The number of halogens is 3. The summed E-state index contributed by atoms with van der Waals surface area (Å²) in [6, 6.07) is 10.9. The Labute approximate surface area is 133 Å². The molecule has 0 fully saturated rings. The van der Waals surface area contributed by atoms with E-state index in [1.54, 1.807) is 18.2 Å². The highest BCUT2D eigenvalue weighted by atomic mass is 79.9. The second kappa shape index (κ2) is 6.07. The summed E-state index contributed by atoms with van der Waals surface area (Å²) in [4.78, 5) is 12.2. The first-order valence-electron chi connectivity index (χ1n) is 5.50. The molecule has 0 atom stereocenters. The van der Waals surface area contributed by atoms with Crippen LogP contribution in [0.2, 0.25) is 5.02 Å². The van der Waals surface area contributed by atoms with Gasteiger partial charge < -0.3 is 5.32 Å². The molecule has 0 heterocycles. The van der Waals surface area contributed by atoms with Crippen LogP contribution < -0.4 is 5.32 Å². The SMILES string of the molecule is Cc1ccc(NC(=O)c2cccc(Br)c2Cl)cc1Br. The Bertz CT molecular complexity index is 643. The van der Waals surface area contributed by atoms with Crippen LogP contribution >= 0.6 is 43.5 Å². The predicted molar refractivity (Wildman–Crippen MR) is 86.0 cm³/mol. The molecule has 0 aliphatic heterocycles. The van der Waals surface area contributed by atoms with Gasteiger partial charge in [0.2, 0.25) is 0 Å². The molecule has 2 rings (SSSR count). The van der Waals surface area contributed by atoms with Crippen molar-refractivity contribution in [3.63, 3.8) is 0 Å². The van der Waals surface area contributed by atoms with Gasteiger partial charge in [-0.2, -0.15) is 0 Å². The standard InChI is InChI=1S/C14H10Br2ClNO/c1-8-5-6-9(7-12(8)16)18-14(19)10-3-2-4-11(15)13(10)17/h2-7H,1H3,(H,18,19). The van der Waals surface area contributed by atoms with Gasteiger partial charge in [0.05, 0.1) is 10.6 Å². The van der Waals surface area contributed by atoms with E-state index in [0.29, 0.717) is 15.1 Å². The molecule has 0 radical (unpaired) electrons. The lowest BCUT2D eigenvalue weighted by Crippen LogP contribution is -2.12. The van der Waals surface area contributed by atoms with Gasteiger partial charge in [-0.25, -0.2) is 0 Å². The largest absolute Gasteiger partial charge is 0.322 e. The topological polar surface area (TPSA) is 29.1 Å². The van der Waals surface area contributed by atoms with Crippen molar-refractivity contribution in [2.45, 2.75) is 6.92 Å². The summed E-state index contributed by atoms with van der Waals surface area (Å²) in [5.74, 6) is -0.234. The third-order valence-electron chi connectivity index (χ3n) is 2.63. The van der Waals surface area contributed by atoms with Crippen LogP contribution in [0.1, 0.15) is 15.9 Å². The fourth-order valence-electron chi connectivity index (χ4n) is 1.55. The normalized spacial score (nSPS) is 10.3. The van der Waals surface area contributed by atoms with Crippen LogP contribution in [0.15, 0.2) is 45.3 Å². The van der Waals surface area contributed by atoms with Gasteiger partial charge in [-0.05, 0) is 52.7 Å². The molecule has 2 aromatic rings. The fraction of sp³-hybridized carbons (Fsp3) is 0.0714.